The molecule has 22 heavy (non-hydrogen) atoms. The highest BCUT2D eigenvalue weighted by Crippen LogP contribution is 2.32. The molecule has 4 nitrogen and oxygen atoms in total. The van der Waals surface area contributed by atoms with Crippen molar-refractivity contribution in [1.82, 2.24) is 4.31 Å². The predicted molar refractivity (Wildman–Crippen MR) is 88.0 cm³/mol. The number of nitrogens with zero attached hydrogens (tertiary/aromatic N) is 1. The Hall–Kier alpha value is -1.17. The van der Waals surface area contributed by atoms with Gasteiger partial charge in [0.05, 0.1) is 17.0 Å². The van der Waals surface area contributed by atoms with Gasteiger partial charge in [-0.25, -0.2) is 8.42 Å². The number of aryl methyl sites for hydroxylation is 1. The highest BCUT2D eigenvalue weighted by Gasteiger charge is 2.42. The second-order valence-corrected chi connectivity index (χ2v) is 8.27. The van der Waals surface area contributed by atoms with Crippen LogP contribution in [-0.4, -0.2) is 36.5 Å². The Kier molecular flexibility index (Phi) is 5.10. The summed E-state index contributed by atoms with van der Waals surface area (Å²) in [6, 6.07) is 6.39. The minimum absolute atomic E-state index is 0.109. The van der Waals surface area contributed by atoms with E-state index in [-0.39, 0.29) is 16.7 Å². The van der Waals surface area contributed by atoms with Gasteiger partial charge in [-0.1, -0.05) is 37.6 Å². The molecule has 1 aliphatic rings. The van der Waals surface area contributed by atoms with Crippen molar-refractivity contribution >= 4 is 10.0 Å². The zero-order chi connectivity index (χ0) is 16.5. The lowest BCUT2D eigenvalue weighted by Gasteiger charge is -2.43. The van der Waals surface area contributed by atoms with Gasteiger partial charge in [-0.15, -0.1) is 6.58 Å². The molecule has 1 heterocycles. The molecule has 1 aromatic carbocycles. The molecule has 1 N–H and O–H groups in total. The molecule has 5 heteroatoms. The van der Waals surface area contributed by atoms with Gasteiger partial charge < -0.3 is 5.11 Å². The second kappa shape index (κ2) is 6.52. The summed E-state index contributed by atoms with van der Waals surface area (Å²) in [6.45, 7) is 9.97. The largest absolute Gasteiger partial charge is 0.391 e. The summed E-state index contributed by atoms with van der Waals surface area (Å²) in [4.78, 5) is 0.278. The molecule has 1 aliphatic heterocycles. The highest BCUT2D eigenvalue weighted by atomic mass is 32.2. The minimum atomic E-state index is -3.62. The number of hydrogen-bond donors (Lipinski definition) is 1. The summed E-state index contributed by atoms with van der Waals surface area (Å²) in [5, 5.41) is 10.4. The van der Waals surface area contributed by atoms with E-state index in [1.165, 1.54) is 4.31 Å². The standard InChI is InChI=1S/C17H25NO3S/c1-5-14(4)17-16(19)10-13(3)11-18(17)22(20,21)15-8-6-12(2)7-9-15/h5-9,13-14,16-17,19H,1,10-11H2,2-4H3/t13-,14+,16+,17-/m0/s1. The average molecular weight is 323 g/mol. The lowest BCUT2D eigenvalue weighted by Crippen LogP contribution is -2.55. The maximum atomic E-state index is 13.0. The van der Waals surface area contributed by atoms with Crippen LogP contribution in [0.3, 0.4) is 0 Å². The molecule has 122 valence electrons. The Morgan fingerprint density at radius 3 is 2.50 bits per heavy atom. The lowest BCUT2D eigenvalue weighted by atomic mass is 9.87. The number of piperidine rings is 1. The number of sulfonamides is 1. The van der Waals surface area contributed by atoms with Crippen molar-refractivity contribution in [1.29, 1.82) is 0 Å². The van der Waals surface area contributed by atoms with Crippen LogP contribution in [-0.2, 0) is 10.0 Å². The number of benzene rings is 1. The zero-order valence-corrected chi connectivity index (χ0v) is 14.3. The molecule has 0 unspecified atom stereocenters. The smallest absolute Gasteiger partial charge is 0.243 e. The quantitative estimate of drug-likeness (QED) is 0.867. The SMILES string of the molecule is C=C[C@@H](C)[C@H]1[C@H](O)C[C@H](C)CN1S(=O)(=O)c1ccc(C)cc1. The first-order chi connectivity index (χ1) is 10.3. The molecule has 0 aliphatic carbocycles. The third-order valence-electron chi connectivity index (χ3n) is 4.40. The topological polar surface area (TPSA) is 57.6 Å². The minimum Gasteiger partial charge on any atom is -0.391 e. The third-order valence-corrected chi connectivity index (χ3v) is 6.28. The molecule has 0 saturated carbocycles. The first kappa shape index (κ1) is 17.2. The molecule has 1 saturated heterocycles. The third kappa shape index (κ3) is 3.26. The van der Waals surface area contributed by atoms with Crippen LogP contribution in [0.15, 0.2) is 41.8 Å². The summed E-state index contributed by atoms with van der Waals surface area (Å²) in [6.07, 6.45) is 1.65. The van der Waals surface area contributed by atoms with Crippen molar-refractivity contribution in [2.75, 3.05) is 6.54 Å². The Morgan fingerprint density at radius 1 is 1.36 bits per heavy atom. The van der Waals surface area contributed by atoms with E-state index in [9.17, 15) is 13.5 Å². The summed E-state index contributed by atoms with van der Waals surface area (Å²) in [5.74, 6) is 0.0196. The van der Waals surface area contributed by atoms with Crippen molar-refractivity contribution in [3.8, 4) is 0 Å². The van der Waals surface area contributed by atoms with Crippen LogP contribution in [0.1, 0.15) is 25.8 Å². The molecule has 0 spiro atoms. The van der Waals surface area contributed by atoms with E-state index in [2.05, 4.69) is 6.58 Å². The summed E-state index contributed by atoms with van der Waals surface area (Å²) >= 11 is 0. The van der Waals surface area contributed by atoms with E-state index >= 15 is 0 Å². The Bertz CT molecular complexity index is 624. The summed E-state index contributed by atoms with van der Waals surface area (Å²) in [7, 11) is -3.62. The first-order valence-electron chi connectivity index (χ1n) is 7.66. The van der Waals surface area contributed by atoms with Gasteiger partial charge in [-0.3, -0.25) is 0 Å². The van der Waals surface area contributed by atoms with Gasteiger partial charge in [0.2, 0.25) is 10.0 Å². The van der Waals surface area contributed by atoms with Gasteiger partial charge >= 0.3 is 0 Å². The van der Waals surface area contributed by atoms with Crippen molar-refractivity contribution in [2.24, 2.45) is 11.8 Å². The van der Waals surface area contributed by atoms with E-state index in [1.807, 2.05) is 20.8 Å². The van der Waals surface area contributed by atoms with Crippen molar-refractivity contribution in [3.05, 3.63) is 42.5 Å². The van der Waals surface area contributed by atoms with Crippen LogP contribution < -0.4 is 0 Å². The molecule has 1 fully saturated rings. The average Bonchev–Trinajstić information content (AvgIpc) is 2.46. The molecule has 2 rings (SSSR count). The molecule has 0 amide bonds. The number of aliphatic hydroxyl groups excluding tert-OH is 1. The fourth-order valence-corrected chi connectivity index (χ4v) is 4.96. The predicted octanol–water partition coefficient (Wildman–Crippen LogP) is 2.58. The number of aliphatic hydroxyl groups is 1. The first-order valence-corrected chi connectivity index (χ1v) is 9.10. The molecular formula is C17H25NO3S. The van der Waals surface area contributed by atoms with E-state index in [0.29, 0.717) is 13.0 Å². The molecule has 0 radical (unpaired) electrons. The number of hydrogen-bond acceptors (Lipinski definition) is 3. The normalized spacial score (nSPS) is 28.3. The van der Waals surface area contributed by atoms with Gasteiger partial charge in [-0.05, 0) is 37.3 Å². The fourth-order valence-electron chi connectivity index (χ4n) is 3.10. The maximum Gasteiger partial charge on any atom is 0.243 e. The van der Waals surface area contributed by atoms with Gasteiger partial charge in [0.15, 0.2) is 0 Å². The fraction of sp³-hybridized carbons (Fsp3) is 0.529. The van der Waals surface area contributed by atoms with Crippen LogP contribution in [0.25, 0.3) is 0 Å². The lowest BCUT2D eigenvalue weighted by molar-refractivity contribution is 0.0146. The second-order valence-electron chi connectivity index (χ2n) is 6.38. The van der Waals surface area contributed by atoms with Crippen LogP contribution in [0.4, 0.5) is 0 Å². The number of rotatable bonds is 4. The summed E-state index contributed by atoms with van der Waals surface area (Å²) < 4.78 is 27.5. The van der Waals surface area contributed by atoms with Gasteiger partial charge in [-0.2, -0.15) is 4.31 Å². The monoisotopic (exact) mass is 323 g/mol. The molecule has 0 aromatic heterocycles. The molecule has 1 aromatic rings. The van der Waals surface area contributed by atoms with Crippen LogP contribution in [0.5, 0.6) is 0 Å². The van der Waals surface area contributed by atoms with E-state index in [4.69, 9.17) is 0 Å². The van der Waals surface area contributed by atoms with Crippen molar-refractivity contribution in [2.45, 2.75) is 44.2 Å². The summed E-state index contributed by atoms with van der Waals surface area (Å²) in [5.41, 5.74) is 1.02. The van der Waals surface area contributed by atoms with Gasteiger partial charge in [0, 0.05) is 6.54 Å². The Balaban J connectivity index is 2.44. The van der Waals surface area contributed by atoms with Gasteiger partial charge in [0.25, 0.3) is 0 Å². The highest BCUT2D eigenvalue weighted by molar-refractivity contribution is 7.89. The van der Waals surface area contributed by atoms with Crippen LogP contribution >= 0.6 is 0 Å². The van der Waals surface area contributed by atoms with Crippen LogP contribution in [0, 0.1) is 18.8 Å². The van der Waals surface area contributed by atoms with Crippen LogP contribution in [0.2, 0.25) is 0 Å². The van der Waals surface area contributed by atoms with Crippen molar-refractivity contribution in [3.63, 3.8) is 0 Å². The molecule has 0 bridgehead atoms. The molecule has 4 atom stereocenters. The van der Waals surface area contributed by atoms with E-state index in [1.54, 1.807) is 30.3 Å². The van der Waals surface area contributed by atoms with E-state index < -0.39 is 22.2 Å². The van der Waals surface area contributed by atoms with Gasteiger partial charge in [0.1, 0.15) is 0 Å². The maximum absolute atomic E-state index is 13.0. The Morgan fingerprint density at radius 2 is 1.95 bits per heavy atom. The Labute approximate surface area is 133 Å². The molecular weight excluding hydrogens is 298 g/mol. The van der Waals surface area contributed by atoms with E-state index in [0.717, 1.165) is 5.56 Å². The zero-order valence-electron chi connectivity index (χ0n) is 13.4. The van der Waals surface area contributed by atoms with Crippen molar-refractivity contribution < 1.29 is 13.5 Å².